The SMILES string of the molecule is CCn1nc(C)c(Cl)c1CC(=O)c1cc2c(s1)CCCC2. The first-order chi connectivity index (χ1) is 10.1. The molecule has 0 spiro atoms. The Morgan fingerprint density at radius 1 is 1.43 bits per heavy atom. The van der Waals surface area contributed by atoms with E-state index in [1.54, 1.807) is 11.3 Å². The normalized spacial score (nSPS) is 14.2. The Kier molecular flexibility index (Phi) is 4.18. The molecular formula is C16H19ClN2OS. The van der Waals surface area contributed by atoms with Crippen molar-refractivity contribution in [1.82, 2.24) is 9.78 Å². The van der Waals surface area contributed by atoms with E-state index in [1.165, 1.54) is 23.3 Å². The standard InChI is InChI=1S/C16H19ClN2OS/c1-3-19-12(16(17)10(2)18-19)9-13(20)15-8-11-6-4-5-7-14(11)21-15/h8H,3-7,9H2,1-2H3. The molecule has 2 heterocycles. The number of carbonyl (C=O) groups excluding carboxylic acids is 1. The highest BCUT2D eigenvalue weighted by atomic mass is 35.5. The molecule has 0 radical (unpaired) electrons. The molecular weight excluding hydrogens is 304 g/mol. The van der Waals surface area contributed by atoms with Crippen LogP contribution in [-0.2, 0) is 25.8 Å². The van der Waals surface area contributed by atoms with Gasteiger partial charge in [-0.3, -0.25) is 9.48 Å². The summed E-state index contributed by atoms with van der Waals surface area (Å²) in [5.74, 6) is 0.158. The first-order valence-corrected chi connectivity index (χ1v) is 8.66. The molecule has 112 valence electrons. The first kappa shape index (κ1) is 14.8. The number of aryl methyl sites for hydroxylation is 4. The van der Waals surface area contributed by atoms with E-state index >= 15 is 0 Å². The van der Waals surface area contributed by atoms with Crippen molar-refractivity contribution < 1.29 is 4.79 Å². The summed E-state index contributed by atoms with van der Waals surface area (Å²) in [4.78, 5) is 14.8. The smallest absolute Gasteiger partial charge is 0.178 e. The number of carbonyl (C=O) groups is 1. The summed E-state index contributed by atoms with van der Waals surface area (Å²) < 4.78 is 1.84. The molecule has 5 heteroatoms. The van der Waals surface area contributed by atoms with Gasteiger partial charge in [-0.25, -0.2) is 0 Å². The van der Waals surface area contributed by atoms with Gasteiger partial charge in [-0.05, 0) is 51.2 Å². The number of hydrogen-bond acceptors (Lipinski definition) is 3. The lowest BCUT2D eigenvalue weighted by Crippen LogP contribution is -2.09. The van der Waals surface area contributed by atoms with Crippen molar-refractivity contribution in [3.63, 3.8) is 0 Å². The van der Waals surface area contributed by atoms with Crippen LogP contribution in [0, 0.1) is 6.92 Å². The quantitative estimate of drug-likeness (QED) is 0.789. The van der Waals surface area contributed by atoms with Crippen molar-refractivity contribution in [1.29, 1.82) is 0 Å². The molecule has 0 aliphatic heterocycles. The monoisotopic (exact) mass is 322 g/mol. The maximum atomic E-state index is 12.6. The van der Waals surface area contributed by atoms with Gasteiger partial charge in [0.15, 0.2) is 5.78 Å². The largest absolute Gasteiger partial charge is 0.293 e. The van der Waals surface area contributed by atoms with Crippen LogP contribution in [-0.4, -0.2) is 15.6 Å². The molecule has 0 aromatic carbocycles. The lowest BCUT2D eigenvalue weighted by Gasteiger charge is -2.08. The average molecular weight is 323 g/mol. The van der Waals surface area contributed by atoms with E-state index in [0.29, 0.717) is 11.4 Å². The third kappa shape index (κ3) is 2.79. The number of thiophene rings is 1. The van der Waals surface area contributed by atoms with Crippen LogP contribution in [0.25, 0.3) is 0 Å². The van der Waals surface area contributed by atoms with Gasteiger partial charge in [0, 0.05) is 11.4 Å². The zero-order chi connectivity index (χ0) is 15.0. The van der Waals surface area contributed by atoms with Crippen LogP contribution < -0.4 is 0 Å². The molecule has 3 nitrogen and oxygen atoms in total. The number of nitrogens with zero attached hydrogens (tertiary/aromatic N) is 2. The molecule has 0 fully saturated rings. The lowest BCUT2D eigenvalue weighted by atomic mass is 9.99. The number of halogens is 1. The Labute approximate surface area is 133 Å². The highest BCUT2D eigenvalue weighted by molar-refractivity contribution is 7.14. The Hall–Kier alpha value is -1.13. The summed E-state index contributed by atoms with van der Waals surface area (Å²) in [7, 11) is 0. The third-order valence-electron chi connectivity index (χ3n) is 4.05. The summed E-state index contributed by atoms with van der Waals surface area (Å²) in [6.45, 7) is 4.63. The van der Waals surface area contributed by atoms with Crippen molar-refractivity contribution in [2.24, 2.45) is 0 Å². The Morgan fingerprint density at radius 3 is 2.90 bits per heavy atom. The van der Waals surface area contributed by atoms with E-state index in [-0.39, 0.29) is 5.78 Å². The van der Waals surface area contributed by atoms with Gasteiger partial charge >= 0.3 is 0 Å². The van der Waals surface area contributed by atoms with Crippen LogP contribution in [0.4, 0.5) is 0 Å². The topological polar surface area (TPSA) is 34.9 Å². The Bertz CT molecular complexity index is 663. The molecule has 0 amide bonds. The van der Waals surface area contributed by atoms with Crippen molar-refractivity contribution in [2.75, 3.05) is 0 Å². The van der Waals surface area contributed by atoms with Gasteiger partial charge < -0.3 is 0 Å². The van der Waals surface area contributed by atoms with Gasteiger partial charge in [0.25, 0.3) is 0 Å². The summed E-state index contributed by atoms with van der Waals surface area (Å²) >= 11 is 7.96. The predicted octanol–water partition coefficient (Wildman–Crippen LogP) is 4.23. The van der Waals surface area contributed by atoms with Crippen LogP contribution in [0.3, 0.4) is 0 Å². The van der Waals surface area contributed by atoms with E-state index in [9.17, 15) is 4.79 Å². The molecule has 0 unspecified atom stereocenters. The van der Waals surface area contributed by atoms with Crippen LogP contribution >= 0.6 is 22.9 Å². The molecule has 0 N–H and O–H groups in total. The van der Waals surface area contributed by atoms with E-state index in [2.05, 4.69) is 11.2 Å². The number of rotatable bonds is 4. The van der Waals surface area contributed by atoms with E-state index in [4.69, 9.17) is 11.6 Å². The fraction of sp³-hybridized carbons (Fsp3) is 0.500. The highest BCUT2D eigenvalue weighted by Gasteiger charge is 2.21. The fourth-order valence-corrected chi connectivity index (χ4v) is 4.30. The van der Waals surface area contributed by atoms with Crippen LogP contribution in [0.15, 0.2) is 6.07 Å². The van der Waals surface area contributed by atoms with Crippen molar-refractivity contribution in [3.05, 3.63) is 37.8 Å². The molecule has 0 saturated carbocycles. The Morgan fingerprint density at radius 2 is 2.19 bits per heavy atom. The molecule has 0 saturated heterocycles. The number of hydrogen-bond donors (Lipinski definition) is 0. The minimum Gasteiger partial charge on any atom is -0.293 e. The second-order valence-electron chi connectivity index (χ2n) is 5.53. The number of ketones is 1. The molecule has 21 heavy (non-hydrogen) atoms. The minimum absolute atomic E-state index is 0.158. The molecule has 1 aliphatic carbocycles. The van der Waals surface area contributed by atoms with Crippen molar-refractivity contribution >= 4 is 28.7 Å². The maximum Gasteiger partial charge on any atom is 0.178 e. The zero-order valence-corrected chi connectivity index (χ0v) is 14.0. The van der Waals surface area contributed by atoms with Gasteiger partial charge in [-0.1, -0.05) is 11.6 Å². The number of aromatic nitrogens is 2. The van der Waals surface area contributed by atoms with Gasteiger partial charge in [0.1, 0.15) is 0 Å². The van der Waals surface area contributed by atoms with Crippen LogP contribution in [0.1, 0.15) is 51.3 Å². The second-order valence-corrected chi connectivity index (χ2v) is 7.04. The van der Waals surface area contributed by atoms with Gasteiger partial charge in [-0.15, -0.1) is 11.3 Å². The first-order valence-electron chi connectivity index (χ1n) is 7.46. The summed E-state index contributed by atoms with van der Waals surface area (Å²) in [5.41, 5.74) is 3.01. The maximum absolute atomic E-state index is 12.6. The van der Waals surface area contributed by atoms with E-state index in [1.807, 2.05) is 18.5 Å². The predicted molar refractivity (Wildman–Crippen MR) is 86.6 cm³/mol. The third-order valence-corrected chi connectivity index (χ3v) is 5.82. The molecule has 2 aromatic rings. The second kappa shape index (κ2) is 5.93. The van der Waals surface area contributed by atoms with Crippen LogP contribution in [0.5, 0.6) is 0 Å². The average Bonchev–Trinajstić information content (AvgIpc) is 3.03. The summed E-state index contributed by atoms with van der Waals surface area (Å²) in [6, 6.07) is 2.09. The van der Waals surface area contributed by atoms with Gasteiger partial charge in [0.05, 0.1) is 27.7 Å². The summed E-state index contributed by atoms with van der Waals surface area (Å²) in [6.07, 6.45) is 5.07. The molecule has 0 bridgehead atoms. The Balaban J connectivity index is 1.85. The molecule has 0 atom stereocenters. The number of fused-ring (bicyclic) bond motifs is 1. The highest BCUT2D eigenvalue weighted by Crippen LogP contribution is 2.31. The van der Waals surface area contributed by atoms with E-state index in [0.717, 1.165) is 35.7 Å². The van der Waals surface area contributed by atoms with Gasteiger partial charge in [-0.2, -0.15) is 5.10 Å². The van der Waals surface area contributed by atoms with Crippen molar-refractivity contribution in [3.8, 4) is 0 Å². The lowest BCUT2D eigenvalue weighted by molar-refractivity contribution is 0.0994. The number of Topliss-reactive ketones (excluding diaryl/α,β-unsaturated/α-hetero) is 1. The minimum atomic E-state index is 0.158. The molecule has 2 aromatic heterocycles. The van der Waals surface area contributed by atoms with Crippen molar-refractivity contribution in [2.45, 2.75) is 52.5 Å². The van der Waals surface area contributed by atoms with E-state index < -0.39 is 0 Å². The summed E-state index contributed by atoms with van der Waals surface area (Å²) in [5, 5.41) is 5.01. The molecule has 1 aliphatic rings. The van der Waals surface area contributed by atoms with Crippen LogP contribution in [0.2, 0.25) is 5.02 Å². The fourth-order valence-electron chi connectivity index (χ4n) is 2.91. The molecule has 3 rings (SSSR count). The van der Waals surface area contributed by atoms with Gasteiger partial charge in [0.2, 0.25) is 0 Å². The zero-order valence-electron chi connectivity index (χ0n) is 12.4.